The number of carbonyl (C=O) groups is 21. The van der Waals surface area contributed by atoms with Crippen LogP contribution in [0.3, 0.4) is 0 Å². The molecule has 0 unspecified atom stereocenters. The summed E-state index contributed by atoms with van der Waals surface area (Å²) in [5.74, 6) is -25.2. The third-order valence-electron chi connectivity index (χ3n) is 24.5. The second-order valence-corrected chi connectivity index (χ2v) is 35.5. The molecule has 0 bridgehead atoms. The average molecular weight is 1950 g/mol. The first-order valence-electron chi connectivity index (χ1n) is 46.0. The first kappa shape index (κ1) is 110. The van der Waals surface area contributed by atoms with Crippen molar-refractivity contribution in [2.75, 3.05) is 53.9 Å². The molecule has 5 heterocycles. The number of rotatable bonds is 29. The number of aliphatic carboxylic acids is 3. The fourth-order valence-electron chi connectivity index (χ4n) is 17.0. The number of carboxylic acids is 3. The number of nitrogens with one attached hydrogen (secondary N) is 12. The first-order valence-corrected chi connectivity index (χ1v) is 46.0. The lowest BCUT2D eigenvalue weighted by Crippen LogP contribution is -2.61. The van der Waals surface area contributed by atoms with Crippen molar-refractivity contribution in [2.45, 2.75) is 254 Å². The Kier molecular flexibility index (Phi) is 40.7. The van der Waals surface area contributed by atoms with E-state index in [0.29, 0.717) is 40.2 Å². The highest BCUT2D eigenvalue weighted by Crippen LogP contribution is 2.29. The van der Waals surface area contributed by atoms with E-state index in [9.17, 15) is 91.9 Å². The Labute approximate surface area is 799 Å². The molecule has 3 fully saturated rings. The second kappa shape index (κ2) is 51.6. The van der Waals surface area contributed by atoms with E-state index in [4.69, 9.17) is 17.2 Å². The van der Waals surface area contributed by atoms with Crippen molar-refractivity contribution in [3.8, 4) is 0 Å². The van der Waals surface area contributed by atoms with Gasteiger partial charge in [0.05, 0.1) is 32.0 Å². The molecule has 3 saturated heterocycles. The maximum absolute atomic E-state index is 16.0. The summed E-state index contributed by atoms with van der Waals surface area (Å²) in [6, 6.07) is -6.67. The van der Waals surface area contributed by atoms with Crippen LogP contribution < -0.4 is 75.7 Å². The molecular weight excluding hydrogens is 1820 g/mol. The summed E-state index contributed by atoms with van der Waals surface area (Å²) in [7, 11) is 3.66. The maximum atomic E-state index is 16.0. The minimum absolute atomic E-state index is 0.0348. The molecule has 46 nitrogen and oxygen atoms in total. The van der Waals surface area contributed by atoms with Crippen LogP contribution >= 0.6 is 0 Å². The minimum atomic E-state index is -2.07. The SMILES string of the molecule is CCCC[C@H]1C(=O)N(C)[C@@H](CCCC)C(=O)N[C@@H](CC(C)C)C(=O)N[C@H](C(=O)NCC(N)=O)CNCC(=O)N[C@@H](Cc2ccc(F)cc2)C(=O)N(C)[C@@H](C)C(=O)N[C@@H](CC(=O)O)C(=O)N2CCC[C@H]2C(=O)N[C@@H](CCC(N)=O)C(=O)N[C@@H](CCC(=O)O)C(=O)N2C[C@H](O)C[C@H]2C(=O)N[C@@H](Cc2c[nH]c3ccccc23)C(=O)N[C@@H](CC(N)=O)C(=O)N[C@@H](Cc2cn(CC(=O)O)c3ccccc23)C(=O)N1C. The van der Waals surface area contributed by atoms with Crippen molar-refractivity contribution < 1.29 is 126 Å². The topological polar surface area (TPSA) is 687 Å². The highest BCUT2D eigenvalue weighted by molar-refractivity contribution is 6.03. The largest absolute Gasteiger partial charge is 0.481 e. The zero-order valence-electron chi connectivity index (χ0n) is 78.7. The van der Waals surface area contributed by atoms with Gasteiger partial charge >= 0.3 is 17.9 Å². The number of carboxylic acid groups (broad SMARTS) is 3. The molecule has 0 aliphatic carbocycles. The van der Waals surface area contributed by atoms with Gasteiger partial charge in [-0.1, -0.05) is 102 Å². The Morgan fingerprint density at radius 3 is 1.71 bits per heavy atom. The molecule has 0 saturated carbocycles. The monoisotopic (exact) mass is 1940 g/mol. The summed E-state index contributed by atoms with van der Waals surface area (Å²) in [6.07, 6.45) is -4.79. The van der Waals surface area contributed by atoms with Gasteiger partial charge in [0, 0.05) is 114 Å². The van der Waals surface area contributed by atoms with E-state index < -0.39 is 324 Å². The minimum Gasteiger partial charge on any atom is -0.481 e. The van der Waals surface area contributed by atoms with Crippen molar-refractivity contribution >= 4 is 146 Å². The van der Waals surface area contributed by atoms with E-state index in [1.807, 2.05) is 0 Å². The lowest BCUT2D eigenvalue weighted by molar-refractivity contribution is -0.149. The number of aliphatic hydroxyl groups excluding tert-OH is 1. The summed E-state index contributed by atoms with van der Waals surface area (Å²) in [5, 5.41) is 70.4. The van der Waals surface area contributed by atoms with E-state index in [0.717, 1.165) is 43.7 Å². The van der Waals surface area contributed by atoms with Crippen molar-refractivity contribution in [2.24, 2.45) is 23.1 Å². The molecule has 8 rings (SSSR count). The van der Waals surface area contributed by atoms with Crippen LogP contribution in [0, 0.1) is 11.7 Å². The smallest absolute Gasteiger partial charge is 0.323 e. The molecule has 2 aromatic heterocycles. The number of aromatic amines is 1. The van der Waals surface area contributed by atoms with Gasteiger partial charge in [-0.05, 0) is 98.7 Å². The average Bonchev–Trinajstić information content (AvgIpc) is 1.60. The summed E-state index contributed by atoms with van der Waals surface area (Å²) in [4.78, 5) is 308. The zero-order valence-corrected chi connectivity index (χ0v) is 78.7. The number of fused-ring (bicyclic) bond motifs is 4. The Bertz CT molecular complexity index is 5360. The highest BCUT2D eigenvalue weighted by atomic mass is 19.1. The van der Waals surface area contributed by atoms with Gasteiger partial charge in [0.2, 0.25) is 106 Å². The van der Waals surface area contributed by atoms with Gasteiger partial charge in [-0.2, -0.15) is 0 Å². The predicted molar refractivity (Wildman–Crippen MR) is 494 cm³/mol. The van der Waals surface area contributed by atoms with Crippen LogP contribution in [-0.2, 0) is 126 Å². The molecule has 5 aromatic rings. The number of hydrogen-bond donors (Lipinski definition) is 19. The van der Waals surface area contributed by atoms with Gasteiger partial charge in [0.25, 0.3) is 0 Å². The van der Waals surface area contributed by atoms with Crippen molar-refractivity contribution in [3.63, 3.8) is 0 Å². The number of aromatic nitrogens is 2. The number of primary amides is 3. The van der Waals surface area contributed by atoms with Crippen LogP contribution in [0.25, 0.3) is 21.8 Å². The number of hydrogen-bond acceptors (Lipinski definition) is 23. The Balaban J connectivity index is 1.23. The van der Waals surface area contributed by atoms with Crippen LogP contribution in [0.1, 0.15) is 154 Å². The van der Waals surface area contributed by atoms with Crippen LogP contribution in [0.4, 0.5) is 4.39 Å². The van der Waals surface area contributed by atoms with Crippen LogP contribution in [-0.4, -0.2) is 323 Å². The van der Waals surface area contributed by atoms with Crippen LogP contribution in [0.5, 0.6) is 0 Å². The number of unbranched alkanes of at least 4 members (excludes halogenated alkanes) is 2. The van der Waals surface area contributed by atoms with Crippen molar-refractivity contribution in [1.82, 2.24) is 92.5 Å². The van der Waals surface area contributed by atoms with Gasteiger partial charge in [-0.25, -0.2) is 4.39 Å². The fourth-order valence-corrected chi connectivity index (χ4v) is 17.0. The van der Waals surface area contributed by atoms with Crippen LogP contribution in [0.15, 0.2) is 85.2 Å². The summed E-state index contributed by atoms with van der Waals surface area (Å²) < 4.78 is 15.8. The van der Waals surface area contributed by atoms with Crippen molar-refractivity contribution in [3.05, 3.63) is 108 Å². The maximum Gasteiger partial charge on any atom is 0.323 e. The molecule has 0 radical (unpaired) electrons. The molecule has 47 heteroatoms. The molecular formula is C92H126FN21O25. The number of benzene rings is 3. The van der Waals surface area contributed by atoms with E-state index in [1.165, 1.54) is 50.1 Å². The third-order valence-corrected chi connectivity index (χ3v) is 24.5. The normalized spacial score (nSPS) is 24.3. The summed E-state index contributed by atoms with van der Waals surface area (Å²) in [6.45, 7) is 4.41. The second-order valence-electron chi connectivity index (χ2n) is 35.5. The number of aliphatic hydroxyl groups is 1. The molecule has 3 aliphatic heterocycles. The Morgan fingerprint density at radius 2 is 1.06 bits per heavy atom. The van der Waals surface area contributed by atoms with E-state index in [2.05, 4.69) is 63.5 Å². The number of para-hydroxylation sites is 2. The molecule has 3 aliphatic rings. The molecule has 18 amide bonds. The molecule has 139 heavy (non-hydrogen) atoms. The van der Waals surface area contributed by atoms with E-state index in [1.54, 1.807) is 76.2 Å². The van der Waals surface area contributed by atoms with E-state index in [-0.39, 0.29) is 62.6 Å². The number of nitrogens with two attached hydrogens (primary N) is 3. The number of amides is 18. The Morgan fingerprint density at radius 1 is 0.511 bits per heavy atom. The number of likely N-dealkylation sites (N-methyl/N-ethyl adjacent to an activating group) is 3. The fraction of sp³-hybridized carbons (Fsp3) is 0.533. The van der Waals surface area contributed by atoms with Gasteiger partial charge in [0.15, 0.2) is 0 Å². The van der Waals surface area contributed by atoms with Crippen molar-refractivity contribution in [1.29, 1.82) is 0 Å². The Hall–Kier alpha value is -14.5. The standard InChI is InChI=1S/C92H126FN21O25/c1-9-11-21-68-85(132)104-60(34-48(3)4)82(129)108-66(80(127)99-43-74(96)118)42-97-44-75(119)100-63(35-50-25-27-53(93)28-26-50)88(135)109(6)49(5)79(126)106-65(40-77(122)123)91(138)113-33-17-24-69(113)86(133)101-58(29-31-72(94)116)81(128)102-59(30-32-76(120)121)90(137)114-46-54(115)38-71(114)87(134)105-61(36-51-41-98-57-20-15-13-18-55(51)57)83(130)103-62(39-73(95)117)84(131)107-64(89(136)111(8)70(22-12-10-2)92(139)110(68)7)37-52-45-112(47-78(124)125)67-23-16-14-19-56(52)67/h13-16,18-20,23,25-28,41,45,48-49,54,58-66,68-71,97-98,115H,9-12,17,21-22,24,29-40,42-44,46-47H2,1-8H3,(H2,94,116)(H2,95,117)(H2,96,118)(H,99,127)(H,100,119)(H,101,133)(H,102,128)(H,103,130)(H,104,132)(H,105,134)(H,106,126)(H,107,131)(H,108,129)(H,120,121)(H,122,123)(H,124,125)/t49-,54+,58-,59-,60-,61-,62-,63-,64-,65-,66-,68-,69-,70-,71-/m0/s1. The number of carbonyl (C=O) groups excluding carboxylic acids is 18. The number of nitrogens with zero attached hydrogens (tertiary/aromatic N) is 6. The van der Waals surface area contributed by atoms with Gasteiger partial charge in [-0.3, -0.25) is 101 Å². The predicted octanol–water partition coefficient (Wildman–Crippen LogP) is -3.70. The quantitative estimate of drug-likeness (QED) is 0.0219. The molecule has 0 spiro atoms. The van der Waals surface area contributed by atoms with Gasteiger partial charge in [-0.15, -0.1) is 0 Å². The lowest BCUT2D eigenvalue weighted by atomic mass is 9.99. The number of H-pyrrole nitrogens is 1. The van der Waals surface area contributed by atoms with Gasteiger partial charge in [0.1, 0.15) is 96.9 Å². The number of halogens is 1. The molecule has 22 N–H and O–H groups in total. The highest BCUT2D eigenvalue weighted by Gasteiger charge is 2.47. The third kappa shape index (κ3) is 31.2. The zero-order chi connectivity index (χ0) is 103. The molecule has 756 valence electrons. The molecule has 3 aromatic carbocycles. The van der Waals surface area contributed by atoms with E-state index >= 15 is 33.6 Å². The summed E-state index contributed by atoms with van der Waals surface area (Å²) >= 11 is 0. The molecule has 15 atom stereocenters. The lowest BCUT2D eigenvalue weighted by Gasteiger charge is -2.36. The van der Waals surface area contributed by atoms with Crippen LogP contribution in [0.2, 0.25) is 0 Å². The summed E-state index contributed by atoms with van der Waals surface area (Å²) in [5.41, 5.74) is 18.6. The first-order chi connectivity index (χ1) is 65.8. The van der Waals surface area contributed by atoms with Gasteiger partial charge < -0.3 is 130 Å².